The maximum absolute atomic E-state index is 14.6. The SMILES string of the molecule is COC1(C(F)(F)C(F)(F)F)OC1(F)C(F)(OS(=O)(=O)F)C(F)(C(F)(F)F)C(F)(F)F. The van der Waals surface area contributed by atoms with Gasteiger partial charge in [-0.1, -0.05) is 3.89 Å². The molecule has 30 heavy (non-hydrogen) atoms. The van der Waals surface area contributed by atoms with Gasteiger partial charge in [-0.25, -0.2) is 4.39 Å². The van der Waals surface area contributed by atoms with E-state index in [2.05, 4.69) is 9.47 Å². The third kappa shape index (κ3) is 3.18. The zero-order chi connectivity index (χ0) is 24.6. The summed E-state index contributed by atoms with van der Waals surface area (Å²) in [4.78, 5) is 0. The predicted molar refractivity (Wildman–Crippen MR) is 56.6 cm³/mol. The monoisotopic (exact) mass is 508 g/mol. The Morgan fingerprint density at radius 2 is 1.13 bits per heavy atom. The lowest BCUT2D eigenvalue weighted by atomic mass is 9.86. The van der Waals surface area contributed by atoms with Gasteiger partial charge in [0.15, 0.2) is 0 Å². The summed E-state index contributed by atoms with van der Waals surface area (Å²) in [5.41, 5.74) is -8.11. The quantitative estimate of drug-likeness (QED) is 0.309. The first-order chi connectivity index (χ1) is 12.7. The molecular weight excluding hydrogens is 505 g/mol. The summed E-state index contributed by atoms with van der Waals surface area (Å²) in [6.45, 7) is 0. The average molecular weight is 508 g/mol. The van der Waals surface area contributed by atoms with Gasteiger partial charge in [-0.15, -0.1) is 0 Å². The third-order valence-electron chi connectivity index (χ3n) is 3.58. The molecule has 1 fully saturated rings. The summed E-state index contributed by atoms with van der Waals surface area (Å²) in [6, 6.07) is 0. The summed E-state index contributed by atoms with van der Waals surface area (Å²) in [5.74, 6) is -27.4. The minimum atomic E-state index is -8.11. The van der Waals surface area contributed by atoms with Crippen LogP contribution in [0.4, 0.5) is 65.4 Å². The van der Waals surface area contributed by atoms with Crippen LogP contribution in [0.5, 0.6) is 0 Å². The van der Waals surface area contributed by atoms with E-state index in [9.17, 15) is 73.8 Å². The molecule has 0 amide bonds. The second-order valence-electron chi connectivity index (χ2n) is 5.32. The van der Waals surface area contributed by atoms with Crippen LogP contribution >= 0.6 is 0 Å². The van der Waals surface area contributed by atoms with E-state index in [0.29, 0.717) is 0 Å². The Labute approximate surface area is 154 Å². The number of ether oxygens (including phenoxy) is 2. The molecule has 0 aromatic heterocycles. The van der Waals surface area contributed by atoms with Crippen molar-refractivity contribution in [1.82, 2.24) is 0 Å². The van der Waals surface area contributed by atoms with Crippen molar-refractivity contribution in [2.45, 2.75) is 47.6 Å². The number of alkyl halides is 14. The van der Waals surface area contributed by atoms with Crippen molar-refractivity contribution < 1.29 is 87.4 Å². The van der Waals surface area contributed by atoms with Crippen molar-refractivity contribution in [2.75, 3.05) is 7.11 Å². The Hall–Kier alpha value is -1.22. The Balaban J connectivity index is 4.02. The molecule has 0 aromatic rings. The van der Waals surface area contributed by atoms with Crippen molar-refractivity contribution in [2.24, 2.45) is 0 Å². The van der Waals surface area contributed by atoms with Crippen LogP contribution in [-0.2, 0) is 24.2 Å². The molecule has 0 saturated carbocycles. The summed E-state index contributed by atoms with van der Waals surface area (Å²) in [5, 5.41) is 0. The molecule has 1 aliphatic heterocycles. The van der Waals surface area contributed by atoms with Gasteiger partial charge < -0.3 is 4.74 Å². The number of hydrogen-bond donors (Lipinski definition) is 0. The van der Waals surface area contributed by atoms with Gasteiger partial charge in [0.2, 0.25) is 0 Å². The van der Waals surface area contributed by atoms with Gasteiger partial charge in [0.05, 0.1) is 0 Å². The molecule has 1 saturated heterocycles. The van der Waals surface area contributed by atoms with Crippen LogP contribution in [0, 0.1) is 0 Å². The largest absolute Gasteiger partial charge is 0.459 e. The van der Waals surface area contributed by atoms with Gasteiger partial charge in [-0.2, -0.15) is 69.7 Å². The highest BCUT2D eigenvalue weighted by Crippen LogP contribution is 2.72. The van der Waals surface area contributed by atoms with Gasteiger partial charge in [0.1, 0.15) is 0 Å². The first-order valence-corrected chi connectivity index (χ1v) is 7.58. The number of hydrogen-bond acceptors (Lipinski definition) is 5. The topological polar surface area (TPSA) is 65.1 Å². The van der Waals surface area contributed by atoms with Crippen LogP contribution in [0.2, 0.25) is 0 Å². The summed E-state index contributed by atoms with van der Waals surface area (Å²) in [6.07, 6.45) is -23.0. The number of halogens is 15. The minimum absolute atomic E-state index is 0.521. The Morgan fingerprint density at radius 3 is 1.37 bits per heavy atom. The molecule has 3 atom stereocenters. The van der Waals surface area contributed by atoms with E-state index in [1.807, 2.05) is 4.18 Å². The summed E-state index contributed by atoms with van der Waals surface area (Å²) in [7, 11) is -8.21. The molecule has 1 aliphatic rings. The van der Waals surface area contributed by atoms with E-state index < -0.39 is 65.2 Å². The average Bonchev–Trinajstić information content (AvgIpc) is 3.10. The first kappa shape index (κ1) is 26.8. The van der Waals surface area contributed by atoms with Gasteiger partial charge >= 0.3 is 58.1 Å². The van der Waals surface area contributed by atoms with E-state index in [0.717, 1.165) is 0 Å². The Morgan fingerprint density at radius 1 is 0.767 bits per heavy atom. The normalized spacial score (nSPS) is 28.9. The molecule has 1 rings (SSSR count). The molecule has 21 heteroatoms. The molecule has 1 heterocycles. The fourth-order valence-corrected chi connectivity index (χ4v) is 2.69. The molecular formula is C9H3F15O5S. The van der Waals surface area contributed by atoms with Crippen molar-refractivity contribution in [1.29, 1.82) is 0 Å². The summed E-state index contributed by atoms with van der Waals surface area (Å²) >= 11 is 0. The standard InChI is InChI=1S/C9H3F15O5S/c1-27-6(3(11,12)9(21,22)23)5(14,28-6)4(13,29-30(24,25)26)2(10,7(15,16)17)8(18,19)20/h1H3. The second kappa shape index (κ2) is 6.40. The molecule has 5 nitrogen and oxygen atoms in total. The fourth-order valence-electron chi connectivity index (χ4n) is 2.20. The Kier molecular flexibility index (Phi) is 5.72. The van der Waals surface area contributed by atoms with E-state index >= 15 is 0 Å². The van der Waals surface area contributed by atoms with E-state index in [4.69, 9.17) is 0 Å². The molecule has 0 bridgehead atoms. The highest BCUT2D eigenvalue weighted by molar-refractivity contribution is 7.81. The maximum atomic E-state index is 14.6. The predicted octanol–water partition coefficient (Wildman–Crippen LogP) is 3.95. The van der Waals surface area contributed by atoms with Gasteiger partial charge in [-0.3, -0.25) is 4.74 Å². The number of epoxide rings is 1. The number of methoxy groups -OCH3 is 1. The minimum Gasteiger partial charge on any atom is -0.343 e. The third-order valence-corrected chi connectivity index (χ3v) is 4.00. The second-order valence-corrected chi connectivity index (χ2v) is 6.27. The van der Waals surface area contributed by atoms with Crippen molar-refractivity contribution in [3.05, 3.63) is 0 Å². The van der Waals surface area contributed by atoms with Crippen LogP contribution in [-0.4, -0.2) is 63.1 Å². The lowest BCUT2D eigenvalue weighted by Gasteiger charge is -2.40. The van der Waals surface area contributed by atoms with Crippen LogP contribution in [0.25, 0.3) is 0 Å². The smallest absolute Gasteiger partial charge is 0.343 e. The molecule has 0 N–H and O–H groups in total. The maximum Gasteiger partial charge on any atom is 0.459 e. The highest BCUT2D eigenvalue weighted by atomic mass is 32.3. The van der Waals surface area contributed by atoms with Crippen LogP contribution in [0.1, 0.15) is 0 Å². The van der Waals surface area contributed by atoms with Gasteiger partial charge in [0.25, 0.3) is 0 Å². The van der Waals surface area contributed by atoms with E-state index in [1.165, 1.54) is 0 Å². The van der Waals surface area contributed by atoms with Crippen molar-refractivity contribution >= 4 is 10.5 Å². The zero-order valence-electron chi connectivity index (χ0n) is 13.1. The van der Waals surface area contributed by atoms with Gasteiger partial charge in [-0.05, 0) is 0 Å². The molecule has 0 spiro atoms. The zero-order valence-corrected chi connectivity index (χ0v) is 13.9. The summed E-state index contributed by atoms with van der Waals surface area (Å²) < 4.78 is 224. The number of rotatable bonds is 6. The van der Waals surface area contributed by atoms with Gasteiger partial charge in [0, 0.05) is 7.11 Å². The fraction of sp³-hybridized carbons (Fsp3) is 1.00. The van der Waals surface area contributed by atoms with Crippen LogP contribution in [0.15, 0.2) is 0 Å². The lowest BCUT2D eigenvalue weighted by molar-refractivity contribution is -0.426. The lowest BCUT2D eigenvalue weighted by Crippen LogP contribution is -2.74. The van der Waals surface area contributed by atoms with Crippen molar-refractivity contribution in [3.63, 3.8) is 0 Å². The molecule has 0 aromatic carbocycles. The molecule has 180 valence electrons. The Bertz CT molecular complexity index is 772. The van der Waals surface area contributed by atoms with E-state index in [-0.39, 0.29) is 0 Å². The molecule has 3 unspecified atom stereocenters. The highest BCUT2D eigenvalue weighted by Gasteiger charge is 3.05. The first-order valence-electron chi connectivity index (χ1n) is 6.27. The molecule has 0 aliphatic carbocycles. The molecule has 0 radical (unpaired) electrons. The van der Waals surface area contributed by atoms with Crippen molar-refractivity contribution in [3.8, 4) is 0 Å². The van der Waals surface area contributed by atoms with Crippen LogP contribution < -0.4 is 0 Å². The van der Waals surface area contributed by atoms with E-state index in [1.54, 1.807) is 0 Å². The van der Waals surface area contributed by atoms with Crippen LogP contribution in [0.3, 0.4) is 0 Å².